The SMILES string of the molecule is NC(=S)c1nccn1-c1ncnc2ccccc12. The molecule has 0 aliphatic rings. The van der Waals surface area contributed by atoms with Crippen LogP contribution < -0.4 is 5.73 Å². The van der Waals surface area contributed by atoms with Crippen LogP contribution in [0, 0.1) is 0 Å². The van der Waals surface area contributed by atoms with E-state index in [9.17, 15) is 0 Å². The predicted octanol–water partition coefficient (Wildman–Crippen LogP) is 1.45. The van der Waals surface area contributed by atoms with Gasteiger partial charge in [0.25, 0.3) is 0 Å². The number of fused-ring (bicyclic) bond motifs is 1. The number of nitrogens with two attached hydrogens (primary N) is 1. The molecule has 0 saturated carbocycles. The summed E-state index contributed by atoms with van der Waals surface area (Å²) in [6, 6.07) is 7.75. The fraction of sp³-hybridized carbons (Fsp3) is 0. The molecule has 6 heteroatoms. The van der Waals surface area contributed by atoms with Crippen molar-refractivity contribution in [3.63, 3.8) is 0 Å². The first kappa shape index (κ1) is 10.8. The van der Waals surface area contributed by atoms with Gasteiger partial charge in [0.15, 0.2) is 5.82 Å². The second-order valence-electron chi connectivity index (χ2n) is 3.70. The highest BCUT2D eigenvalue weighted by atomic mass is 32.1. The van der Waals surface area contributed by atoms with Crippen LogP contribution in [0.3, 0.4) is 0 Å². The van der Waals surface area contributed by atoms with E-state index >= 15 is 0 Å². The van der Waals surface area contributed by atoms with Gasteiger partial charge in [0, 0.05) is 17.8 Å². The van der Waals surface area contributed by atoms with Crippen LogP contribution in [0.2, 0.25) is 0 Å². The lowest BCUT2D eigenvalue weighted by Gasteiger charge is -2.08. The van der Waals surface area contributed by atoms with E-state index in [1.165, 1.54) is 6.33 Å². The maximum absolute atomic E-state index is 5.65. The van der Waals surface area contributed by atoms with Gasteiger partial charge in [0.05, 0.1) is 5.52 Å². The van der Waals surface area contributed by atoms with Gasteiger partial charge in [-0.3, -0.25) is 4.57 Å². The minimum absolute atomic E-state index is 0.239. The van der Waals surface area contributed by atoms with Crippen LogP contribution >= 0.6 is 12.2 Å². The second-order valence-corrected chi connectivity index (χ2v) is 4.14. The van der Waals surface area contributed by atoms with E-state index in [0.29, 0.717) is 5.82 Å². The fourth-order valence-electron chi connectivity index (χ4n) is 1.84. The number of imidazole rings is 1. The monoisotopic (exact) mass is 255 g/mol. The van der Waals surface area contributed by atoms with Crippen LogP contribution in [-0.4, -0.2) is 24.5 Å². The summed E-state index contributed by atoms with van der Waals surface area (Å²) in [6.45, 7) is 0. The van der Waals surface area contributed by atoms with Crippen molar-refractivity contribution in [2.75, 3.05) is 0 Å². The third kappa shape index (κ3) is 1.63. The molecular weight excluding hydrogens is 246 g/mol. The Bertz CT molecular complexity index is 729. The Morgan fingerprint density at radius 2 is 2.00 bits per heavy atom. The molecule has 0 aliphatic heterocycles. The molecule has 5 nitrogen and oxygen atoms in total. The van der Waals surface area contributed by atoms with E-state index in [4.69, 9.17) is 18.0 Å². The Morgan fingerprint density at radius 1 is 1.17 bits per heavy atom. The molecule has 0 saturated heterocycles. The molecule has 0 atom stereocenters. The lowest BCUT2D eigenvalue weighted by molar-refractivity contribution is 0.978. The van der Waals surface area contributed by atoms with Crippen molar-refractivity contribution in [2.24, 2.45) is 5.73 Å². The van der Waals surface area contributed by atoms with Crippen molar-refractivity contribution < 1.29 is 0 Å². The highest BCUT2D eigenvalue weighted by Gasteiger charge is 2.11. The van der Waals surface area contributed by atoms with Crippen molar-refractivity contribution in [3.8, 4) is 5.82 Å². The molecule has 0 aliphatic carbocycles. The van der Waals surface area contributed by atoms with Gasteiger partial charge in [-0.25, -0.2) is 15.0 Å². The van der Waals surface area contributed by atoms with E-state index in [1.807, 2.05) is 24.3 Å². The Labute approximate surface area is 108 Å². The fourth-order valence-corrected chi connectivity index (χ4v) is 1.99. The Hall–Kier alpha value is -2.34. The van der Waals surface area contributed by atoms with Crippen LogP contribution in [0.4, 0.5) is 0 Å². The summed E-state index contributed by atoms with van der Waals surface area (Å²) in [5.74, 6) is 1.25. The average Bonchev–Trinajstić information content (AvgIpc) is 2.87. The molecular formula is C12H9N5S. The van der Waals surface area contributed by atoms with Crippen molar-refractivity contribution in [3.05, 3.63) is 48.8 Å². The summed E-state index contributed by atoms with van der Waals surface area (Å²) >= 11 is 4.98. The van der Waals surface area contributed by atoms with Crippen molar-refractivity contribution >= 4 is 28.1 Å². The van der Waals surface area contributed by atoms with Crippen LogP contribution in [0.15, 0.2) is 43.0 Å². The quantitative estimate of drug-likeness (QED) is 0.702. The standard InChI is InChI=1S/C12H9N5S/c13-10(18)12-14-5-6-17(12)11-8-3-1-2-4-9(8)15-7-16-11/h1-7H,(H2,13,18). The van der Waals surface area contributed by atoms with Gasteiger partial charge in [0.1, 0.15) is 17.1 Å². The molecule has 1 aromatic carbocycles. The van der Waals surface area contributed by atoms with E-state index in [1.54, 1.807) is 17.0 Å². The van der Waals surface area contributed by atoms with Gasteiger partial charge in [-0.05, 0) is 12.1 Å². The molecule has 0 amide bonds. The van der Waals surface area contributed by atoms with Crippen molar-refractivity contribution in [1.82, 2.24) is 19.5 Å². The zero-order valence-corrected chi connectivity index (χ0v) is 10.1. The molecule has 0 fully saturated rings. The smallest absolute Gasteiger partial charge is 0.173 e. The van der Waals surface area contributed by atoms with Gasteiger partial charge in [-0.15, -0.1) is 0 Å². The molecule has 2 N–H and O–H groups in total. The number of benzene rings is 1. The number of para-hydroxylation sites is 1. The van der Waals surface area contributed by atoms with Crippen LogP contribution in [0.5, 0.6) is 0 Å². The Kier molecular flexibility index (Phi) is 2.49. The summed E-state index contributed by atoms with van der Waals surface area (Å²) in [5.41, 5.74) is 6.51. The molecule has 2 aromatic heterocycles. The minimum atomic E-state index is 0.239. The number of hydrogen-bond donors (Lipinski definition) is 1. The van der Waals surface area contributed by atoms with E-state index in [0.717, 1.165) is 16.7 Å². The molecule has 0 bridgehead atoms. The highest BCUT2D eigenvalue weighted by Crippen LogP contribution is 2.18. The zero-order valence-electron chi connectivity index (χ0n) is 9.32. The third-order valence-electron chi connectivity index (χ3n) is 2.61. The zero-order chi connectivity index (χ0) is 12.5. The lowest BCUT2D eigenvalue weighted by atomic mass is 10.2. The molecule has 0 spiro atoms. The summed E-state index contributed by atoms with van der Waals surface area (Å²) in [7, 11) is 0. The number of rotatable bonds is 2. The number of hydrogen-bond acceptors (Lipinski definition) is 4. The van der Waals surface area contributed by atoms with Crippen molar-refractivity contribution in [1.29, 1.82) is 0 Å². The largest absolute Gasteiger partial charge is 0.387 e. The summed E-state index contributed by atoms with van der Waals surface area (Å²) < 4.78 is 1.77. The molecule has 0 radical (unpaired) electrons. The maximum atomic E-state index is 5.65. The summed E-state index contributed by atoms with van der Waals surface area (Å²) in [5, 5.41) is 0.926. The molecule has 0 unspecified atom stereocenters. The maximum Gasteiger partial charge on any atom is 0.173 e. The van der Waals surface area contributed by atoms with Crippen molar-refractivity contribution in [2.45, 2.75) is 0 Å². The van der Waals surface area contributed by atoms with Crippen LogP contribution in [-0.2, 0) is 0 Å². The van der Waals surface area contributed by atoms with Gasteiger partial charge >= 0.3 is 0 Å². The first-order chi connectivity index (χ1) is 8.77. The average molecular weight is 255 g/mol. The molecule has 3 rings (SSSR count). The highest BCUT2D eigenvalue weighted by molar-refractivity contribution is 7.80. The number of thiocarbonyl (C=S) groups is 1. The number of aromatic nitrogens is 4. The second kappa shape index (κ2) is 4.15. The predicted molar refractivity (Wildman–Crippen MR) is 72.5 cm³/mol. The van der Waals surface area contributed by atoms with E-state index in [2.05, 4.69) is 15.0 Å². The first-order valence-electron chi connectivity index (χ1n) is 5.30. The summed E-state index contributed by atoms with van der Waals surface area (Å²) in [4.78, 5) is 12.9. The van der Waals surface area contributed by atoms with Crippen LogP contribution in [0.25, 0.3) is 16.7 Å². The van der Waals surface area contributed by atoms with E-state index in [-0.39, 0.29) is 4.99 Å². The normalized spacial score (nSPS) is 10.7. The van der Waals surface area contributed by atoms with Gasteiger partial charge in [-0.1, -0.05) is 24.4 Å². The molecule has 2 heterocycles. The third-order valence-corrected chi connectivity index (χ3v) is 2.79. The number of nitrogens with zero attached hydrogens (tertiary/aromatic N) is 4. The van der Waals surface area contributed by atoms with Crippen LogP contribution in [0.1, 0.15) is 5.82 Å². The van der Waals surface area contributed by atoms with Gasteiger partial charge in [0.2, 0.25) is 0 Å². The molecule has 18 heavy (non-hydrogen) atoms. The molecule has 88 valence electrons. The Balaban J connectivity index is 2.32. The molecule has 3 aromatic rings. The van der Waals surface area contributed by atoms with Gasteiger partial charge in [-0.2, -0.15) is 0 Å². The summed E-state index contributed by atoms with van der Waals surface area (Å²) in [6.07, 6.45) is 4.94. The first-order valence-corrected chi connectivity index (χ1v) is 5.71. The Morgan fingerprint density at radius 3 is 2.83 bits per heavy atom. The van der Waals surface area contributed by atoms with E-state index < -0.39 is 0 Å². The topological polar surface area (TPSA) is 69.6 Å². The lowest BCUT2D eigenvalue weighted by Crippen LogP contribution is -2.16. The minimum Gasteiger partial charge on any atom is -0.387 e. The van der Waals surface area contributed by atoms with Gasteiger partial charge < -0.3 is 5.73 Å².